The summed E-state index contributed by atoms with van der Waals surface area (Å²) in [5.41, 5.74) is 2.11. The highest BCUT2D eigenvalue weighted by Gasteiger charge is 2.15. The Morgan fingerprint density at radius 1 is 1.42 bits per heavy atom. The van der Waals surface area contributed by atoms with Gasteiger partial charge in [-0.1, -0.05) is 42.1 Å². The van der Waals surface area contributed by atoms with E-state index in [-0.39, 0.29) is 11.2 Å². The number of aromatic nitrogens is 1. The van der Waals surface area contributed by atoms with Crippen LogP contribution in [0.25, 0.3) is 0 Å². The maximum atomic E-state index is 12.0. The molecule has 5 heteroatoms. The van der Waals surface area contributed by atoms with E-state index < -0.39 is 0 Å². The third kappa shape index (κ3) is 4.36. The number of carbonyl (C=O) groups is 1. The van der Waals surface area contributed by atoms with Gasteiger partial charge in [0, 0.05) is 17.6 Å². The van der Waals surface area contributed by atoms with Gasteiger partial charge in [-0.15, -0.1) is 11.3 Å². The number of thiazole rings is 1. The number of thioether (sulfide) groups is 1. The Kier molecular flexibility index (Phi) is 4.99. The van der Waals surface area contributed by atoms with Crippen molar-refractivity contribution in [1.82, 2.24) is 10.3 Å². The molecule has 1 heterocycles. The van der Waals surface area contributed by atoms with Crippen LogP contribution in [-0.4, -0.2) is 16.1 Å². The standard InChI is InChI=1S/C14H16N2OS2/c1-10-9-18-14(16-10)19-11(2)13(17)15-8-12-6-4-3-5-7-12/h3-7,9,11H,8H2,1-2H3,(H,15,17)/t11-/m1/s1. The largest absolute Gasteiger partial charge is 0.351 e. The van der Waals surface area contributed by atoms with Gasteiger partial charge in [0.2, 0.25) is 5.91 Å². The van der Waals surface area contributed by atoms with E-state index in [1.165, 1.54) is 11.8 Å². The predicted molar refractivity (Wildman–Crippen MR) is 80.5 cm³/mol. The lowest BCUT2D eigenvalue weighted by Crippen LogP contribution is -2.30. The van der Waals surface area contributed by atoms with Crippen LogP contribution in [0.5, 0.6) is 0 Å². The first-order chi connectivity index (χ1) is 9.15. The molecule has 0 spiro atoms. The van der Waals surface area contributed by atoms with Crippen molar-refractivity contribution in [2.24, 2.45) is 0 Å². The summed E-state index contributed by atoms with van der Waals surface area (Å²) < 4.78 is 0.944. The van der Waals surface area contributed by atoms with E-state index in [1.807, 2.05) is 49.6 Å². The van der Waals surface area contributed by atoms with E-state index in [0.29, 0.717) is 6.54 Å². The first kappa shape index (κ1) is 14.1. The Labute approximate surface area is 121 Å². The maximum Gasteiger partial charge on any atom is 0.233 e. The average Bonchev–Trinajstić information content (AvgIpc) is 2.82. The molecular formula is C14H16N2OS2. The van der Waals surface area contributed by atoms with Crippen LogP contribution < -0.4 is 5.32 Å². The number of carbonyl (C=O) groups excluding carboxylic acids is 1. The molecule has 1 atom stereocenters. The summed E-state index contributed by atoms with van der Waals surface area (Å²) in [6.07, 6.45) is 0. The number of nitrogens with one attached hydrogen (secondary N) is 1. The summed E-state index contributed by atoms with van der Waals surface area (Å²) in [5.74, 6) is 0.0432. The Balaban J connectivity index is 1.82. The molecule has 3 nitrogen and oxygen atoms in total. The van der Waals surface area contributed by atoms with E-state index >= 15 is 0 Å². The third-order valence-corrected chi connectivity index (χ3v) is 4.74. The predicted octanol–water partition coefficient (Wildman–Crippen LogP) is 3.25. The lowest BCUT2D eigenvalue weighted by atomic mass is 10.2. The molecule has 2 rings (SSSR count). The van der Waals surface area contributed by atoms with Crippen LogP contribution >= 0.6 is 23.1 Å². The molecule has 0 aliphatic heterocycles. The number of hydrogen-bond donors (Lipinski definition) is 1. The summed E-state index contributed by atoms with van der Waals surface area (Å²) in [6.45, 7) is 4.43. The Morgan fingerprint density at radius 3 is 2.79 bits per heavy atom. The zero-order valence-corrected chi connectivity index (χ0v) is 12.6. The monoisotopic (exact) mass is 292 g/mol. The zero-order chi connectivity index (χ0) is 13.7. The quantitative estimate of drug-likeness (QED) is 0.860. The second kappa shape index (κ2) is 6.73. The molecule has 1 aromatic carbocycles. The fraction of sp³-hybridized carbons (Fsp3) is 0.286. The molecule has 0 saturated heterocycles. The van der Waals surface area contributed by atoms with Gasteiger partial charge in [0.05, 0.1) is 5.25 Å². The van der Waals surface area contributed by atoms with Gasteiger partial charge >= 0.3 is 0 Å². The molecule has 2 aromatic rings. The van der Waals surface area contributed by atoms with Crippen LogP contribution in [0.2, 0.25) is 0 Å². The van der Waals surface area contributed by atoms with Crippen molar-refractivity contribution >= 4 is 29.0 Å². The highest BCUT2D eigenvalue weighted by Crippen LogP contribution is 2.26. The van der Waals surface area contributed by atoms with E-state index in [9.17, 15) is 4.79 Å². The zero-order valence-electron chi connectivity index (χ0n) is 10.9. The van der Waals surface area contributed by atoms with E-state index in [4.69, 9.17) is 0 Å². The van der Waals surface area contributed by atoms with Crippen LogP contribution in [0.1, 0.15) is 18.2 Å². The molecule has 0 unspecified atom stereocenters. The van der Waals surface area contributed by atoms with Gasteiger partial charge in [-0.3, -0.25) is 4.79 Å². The molecule has 0 saturated carbocycles. The van der Waals surface area contributed by atoms with Gasteiger partial charge in [0.15, 0.2) is 4.34 Å². The first-order valence-electron chi connectivity index (χ1n) is 6.05. The van der Waals surface area contributed by atoms with E-state index in [0.717, 1.165) is 15.6 Å². The number of rotatable bonds is 5. The summed E-state index contributed by atoms with van der Waals surface area (Å²) >= 11 is 3.08. The fourth-order valence-electron chi connectivity index (χ4n) is 1.52. The maximum absolute atomic E-state index is 12.0. The number of nitrogens with zero attached hydrogens (tertiary/aromatic N) is 1. The number of benzene rings is 1. The van der Waals surface area contributed by atoms with Gasteiger partial charge in [-0.2, -0.15) is 0 Å². The highest BCUT2D eigenvalue weighted by atomic mass is 32.2. The molecule has 0 fully saturated rings. The van der Waals surface area contributed by atoms with Crippen molar-refractivity contribution in [3.63, 3.8) is 0 Å². The minimum atomic E-state index is -0.130. The van der Waals surface area contributed by atoms with Gasteiger partial charge in [0.25, 0.3) is 0 Å². The second-order valence-corrected chi connectivity index (χ2v) is 6.66. The number of aryl methyl sites for hydroxylation is 1. The Bertz CT molecular complexity index is 539. The van der Waals surface area contributed by atoms with Crippen molar-refractivity contribution in [2.45, 2.75) is 30.0 Å². The van der Waals surface area contributed by atoms with Crippen LogP contribution in [0.4, 0.5) is 0 Å². The summed E-state index contributed by atoms with van der Waals surface area (Å²) in [4.78, 5) is 16.3. The minimum absolute atomic E-state index is 0.0432. The lowest BCUT2D eigenvalue weighted by Gasteiger charge is -2.10. The number of hydrogen-bond acceptors (Lipinski definition) is 4. The summed E-state index contributed by atoms with van der Waals surface area (Å²) in [5, 5.41) is 4.81. The molecular weight excluding hydrogens is 276 g/mol. The van der Waals surface area contributed by atoms with Gasteiger partial charge < -0.3 is 5.32 Å². The Hall–Kier alpha value is -1.33. The summed E-state index contributed by atoms with van der Waals surface area (Å²) in [6, 6.07) is 9.91. The summed E-state index contributed by atoms with van der Waals surface area (Å²) in [7, 11) is 0. The topological polar surface area (TPSA) is 42.0 Å². The average molecular weight is 292 g/mol. The van der Waals surface area contributed by atoms with Gasteiger partial charge in [0.1, 0.15) is 0 Å². The fourth-order valence-corrected chi connectivity index (χ4v) is 3.53. The van der Waals surface area contributed by atoms with Crippen molar-refractivity contribution in [1.29, 1.82) is 0 Å². The molecule has 0 aliphatic carbocycles. The molecule has 1 N–H and O–H groups in total. The van der Waals surface area contributed by atoms with E-state index in [2.05, 4.69) is 10.3 Å². The highest BCUT2D eigenvalue weighted by molar-refractivity contribution is 8.02. The first-order valence-corrected chi connectivity index (χ1v) is 7.81. The van der Waals surface area contributed by atoms with Crippen LogP contribution in [0, 0.1) is 6.92 Å². The molecule has 0 bridgehead atoms. The van der Waals surface area contributed by atoms with Gasteiger partial charge in [-0.05, 0) is 19.4 Å². The third-order valence-electron chi connectivity index (χ3n) is 2.55. The molecule has 0 radical (unpaired) electrons. The molecule has 1 amide bonds. The molecule has 0 aliphatic rings. The molecule has 100 valence electrons. The molecule has 1 aromatic heterocycles. The SMILES string of the molecule is Cc1csc(S[C@H](C)C(=O)NCc2ccccc2)n1. The molecule has 19 heavy (non-hydrogen) atoms. The number of amides is 1. The van der Waals surface area contributed by atoms with E-state index in [1.54, 1.807) is 11.3 Å². The second-order valence-electron chi connectivity index (χ2n) is 4.22. The lowest BCUT2D eigenvalue weighted by molar-refractivity contribution is -0.120. The van der Waals surface area contributed by atoms with Crippen LogP contribution in [0.15, 0.2) is 40.1 Å². The normalized spacial score (nSPS) is 12.1. The van der Waals surface area contributed by atoms with Crippen molar-refractivity contribution < 1.29 is 4.79 Å². The van der Waals surface area contributed by atoms with Crippen LogP contribution in [0.3, 0.4) is 0 Å². The Morgan fingerprint density at radius 2 is 2.16 bits per heavy atom. The van der Waals surface area contributed by atoms with Crippen molar-refractivity contribution in [3.8, 4) is 0 Å². The van der Waals surface area contributed by atoms with Crippen LogP contribution in [-0.2, 0) is 11.3 Å². The van der Waals surface area contributed by atoms with Gasteiger partial charge in [-0.25, -0.2) is 4.98 Å². The minimum Gasteiger partial charge on any atom is -0.351 e. The van der Waals surface area contributed by atoms with Crippen molar-refractivity contribution in [2.75, 3.05) is 0 Å². The van der Waals surface area contributed by atoms with Crippen molar-refractivity contribution in [3.05, 3.63) is 47.0 Å². The smallest absolute Gasteiger partial charge is 0.233 e.